The first-order valence-corrected chi connectivity index (χ1v) is 12.5. The van der Waals surface area contributed by atoms with Crippen molar-refractivity contribution in [1.29, 1.82) is 0 Å². The standard InChI is InChI=1S/C27H41NO4/c1-14-18(26(6,30)25(3,4)5)13-17-15(2)27-10-11-28-19(17)12-16-8-9-20(29)23(21(16)27)32-24(27)22(14)31-7/h8-9,14-15,17-19,22,24,28-30H,10-13H2,1-7H3/t14-,15+,17?,18+,19-,22?,24+,26?,27+/m1/s1. The highest BCUT2D eigenvalue weighted by Crippen LogP contribution is 2.63. The Balaban J connectivity index is 1.75. The summed E-state index contributed by atoms with van der Waals surface area (Å²) in [7, 11) is 1.78. The summed E-state index contributed by atoms with van der Waals surface area (Å²) >= 11 is 0. The van der Waals surface area contributed by atoms with Crippen LogP contribution in [-0.2, 0) is 16.6 Å². The molecule has 1 saturated heterocycles. The average molecular weight is 444 g/mol. The number of aromatic hydroxyl groups is 1. The van der Waals surface area contributed by atoms with Gasteiger partial charge in [0.2, 0.25) is 0 Å². The van der Waals surface area contributed by atoms with Gasteiger partial charge in [-0.25, -0.2) is 0 Å². The molecule has 2 heterocycles. The van der Waals surface area contributed by atoms with Gasteiger partial charge in [0.1, 0.15) is 6.10 Å². The highest BCUT2D eigenvalue weighted by atomic mass is 16.5. The first-order chi connectivity index (χ1) is 14.9. The van der Waals surface area contributed by atoms with Crippen LogP contribution in [0.15, 0.2) is 12.1 Å². The fourth-order valence-electron chi connectivity index (χ4n) is 7.95. The second kappa shape index (κ2) is 7.10. The summed E-state index contributed by atoms with van der Waals surface area (Å²) in [5.41, 5.74) is 1.22. The highest BCUT2D eigenvalue weighted by molar-refractivity contribution is 5.59. The predicted molar refractivity (Wildman–Crippen MR) is 125 cm³/mol. The summed E-state index contributed by atoms with van der Waals surface area (Å²) in [6.45, 7) is 14.0. The van der Waals surface area contributed by atoms with E-state index < -0.39 is 5.60 Å². The second-order valence-electron chi connectivity index (χ2n) is 12.3. The molecule has 1 saturated carbocycles. The lowest BCUT2D eigenvalue weighted by Crippen LogP contribution is -2.61. The predicted octanol–water partition coefficient (Wildman–Crippen LogP) is 4.03. The molecular formula is C27H41NO4. The van der Waals surface area contributed by atoms with E-state index in [0.717, 1.165) is 25.8 Å². The van der Waals surface area contributed by atoms with Gasteiger partial charge in [0, 0.05) is 24.1 Å². The number of nitrogens with one attached hydrogen (secondary N) is 1. The summed E-state index contributed by atoms with van der Waals surface area (Å²) < 4.78 is 13.0. The SMILES string of the molecule is COC1[C@H](C)[C@@H](C(C)(O)C(C)(C)C)CC2[C@H]3Cc4ccc(O)c5c4[C@](CCN3)([C@H]2C)[C@H]1O5. The molecule has 1 spiro atoms. The fraction of sp³-hybridized carbons (Fsp3) is 0.778. The van der Waals surface area contributed by atoms with Crippen molar-refractivity contribution in [2.75, 3.05) is 13.7 Å². The molecule has 9 atom stereocenters. The van der Waals surface area contributed by atoms with Crippen LogP contribution < -0.4 is 10.1 Å². The largest absolute Gasteiger partial charge is 0.504 e. The lowest BCUT2D eigenvalue weighted by atomic mass is 9.53. The van der Waals surface area contributed by atoms with E-state index in [-0.39, 0.29) is 40.6 Å². The molecule has 3 unspecified atom stereocenters. The van der Waals surface area contributed by atoms with E-state index in [1.54, 1.807) is 13.2 Å². The summed E-state index contributed by atoms with van der Waals surface area (Å²) in [5, 5.41) is 26.7. The van der Waals surface area contributed by atoms with E-state index in [1.165, 1.54) is 11.1 Å². The molecule has 2 aliphatic carbocycles. The number of ether oxygens (including phenoxy) is 2. The molecule has 0 radical (unpaired) electrons. The van der Waals surface area contributed by atoms with Crippen molar-refractivity contribution in [3.8, 4) is 11.5 Å². The summed E-state index contributed by atoms with van der Waals surface area (Å²) in [6, 6.07) is 4.26. The van der Waals surface area contributed by atoms with E-state index in [9.17, 15) is 10.2 Å². The van der Waals surface area contributed by atoms with Crippen molar-refractivity contribution in [2.24, 2.45) is 29.1 Å². The summed E-state index contributed by atoms with van der Waals surface area (Å²) in [4.78, 5) is 0. The maximum atomic E-state index is 12.0. The van der Waals surface area contributed by atoms with Gasteiger partial charge in [0.25, 0.3) is 0 Å². The zero-order valence-corrected chi connectivity index (χ0v) is 20.7. The van der Waals surface area contributed by atoms with Gasteiger partial charge in [0.15, 0.2) is 11.5 Å². The Kier molecular flexibility index (Phi) is 4.99. The van der Waals surface area contributed by atoms with E-state index in [2.05, 4.69) is 46.0 Å². The fourth-order valence-corrected chi connectivity index (χ4v) is 7.95. The zero-order valence-electron chi connectivity index (χ0n) is 20.7. The summed E-state index contributed by atoms with van der Waals surface area (Å²) in [5.74, 6) is 1.84. The van der Waals surface area contributed by atoms with E-state index in [4.69, 9.17) is 9.47 Å². The third-order valence-corrected chi connectivity index (χ3v) is 10.3. The van der Waals surface area contributed by atoms with Crippen molar-refractivity contribution in [2.45, 2.75) is 90.1 Å². The molecule has 32 heavy (non-hydrogen) atoms. The van der Waals surface area contributed by atoms with Gasteiger partial charge >= 0.3 is 0 Å². The van der Waals surface area contributed by atoms with Crippen LogP contribution >= 0.6 is 0 Å². The van der Waals surface area contributed by atoms with Crippen molar-refractivity contribution in [3.05, 3.63) is 23.3 Å². The minimum atomic E-state index is -0.858. The minimum Gasteiger partial charge on any atom is -0.504 e. The molecule has 1 aromatic carbocycles. The Labute approximate surface area is 192 Å². The van der Waals surface area contributed by atoms with Crippen LogP contribution in [0.1, 0.15) is 65.5 Å². The van der Waals surface area contributed by atoms with E-state index in [1.807, 2.05) is 6.92 Å². The van der Waals surface area contributed by atoms with Crippen molar-refractivity contribution < 1.29 is 19.7 Å². The summed E-state index contributed by atoms with van der Waals surface area (Å²) in [6.07, 6.45) is 2.51. The Hall–Kier alpha value is -1.30. The van der Waals surface area contributed by atoms with Gasteiger partial charge in [0.05, 0.1) is 11.7 Å². The number of aliphatic hydroxyl groups is 1. The molecule has 3 bridgehead atoms. The smallest absolute Gasteiger partial charge is 0.165 e. The Morgan fingerprint density at radius 1 is 1.19 bits per heavy atom. The monoisotopic (exact) mass is 443 g/mol. The van der Waals surface area contributed by atoms with Crippen LogP contribution in [0.3, 0.4) is 0 Å². The number of phenols is 1. The Morgan fingerprint density at radius 3 is 2.56 bits per heavy atom. The number of hydrogen-bond donors (Lipinski definition) is 3. The van der Waals surface area contributed by atoms with Crippen LogP contribution in [0.2, 0.25) is 0 Å². The second-order valence-corrected chi connectivity index (χ2v) is 12.3. The van der Waals surface area contributed by atoms with Gasteiger partial charge in [-0.05, 0) is 73.4 Å². The quantitative estimate of drug-likeness (QED) is 0.644. The highest BCUT2D eigenvalue weighted by Gasteiger charge is 2.65. The first-order valence-electron chi connectivity index (χ1n) is 12.5. The molecule has 2 aliphatic heterocycles. The molecule has 178 valence electrons. The van der Waals surface area contributed by atoms with Crippen LogP contribution in [0, 0.1) is 29.1 Å². The van der Waals surface area contributed by atoms with Crippen molar-refractivity contribution in [3.63, 3.8) is 0 Å². The van der Waals surface area contributed by atoms with Gasteiger partial charge in [-0.2, -0.15) is 0 Å². The van der Waals surface area contributed by atoms with Gasteiger partial charge in [-0.15, -0.1) is 0 Å². The molecular weight excluding hydrogens is 402 g/mol. The van der Waals surface area contributed by atoms with Gasteiger partial charge in [-0.1, -0.05) is 40.7 Å². The maximum absolute atomic E-state index is 12.0. The molecule has 5 heteroatoms. The normalized spacial score (nSPS) is 42.3. The Bertz CT molecular complexity index is 906. The number of rotatable bonds is 2. The number of benzene rings is 1. The van der Waals surface area contributed by atoms with Crippen LogP contribution in [0.4, 0.5) is 0 Å². The first kappa shape index (κ1) is 22.5. The number of phenolic OH excluding ortho intramolecular Hbond substituents is 1. The number of hydrogen-bond acceptors (Lipinski definition) is 5. The third-order valence-electron chi connectivity index (χ3n) is 10.3. The van der Waals surface area contributed by atoms with E-state index in [0.29, 0.717) is 23.6 Å². The van der Waals surface area contributed by atoms with Crippen LogP contribution in [0.25, 0.3) is 0 Å². The Morgan fingerprint density at radius 2 is 1.91 bits per heavy atom. The van der Waals surface area contributed by atoms with Crippen molar-refractivity contribution >= 4 is 0 Å². The lowest BCUT2D eigenvalue weighted by molar-refractivity contribution is -0.163. The number of methoxy groups -OCH3 is 1. The zero-order chi connectivity index (χ0) is 23.2. The van der Waals surface area contributed by atoms with Crippen LogP contribution in [-0.4, -0.2) is 47.7 Å². The van der Waals surface area contributed by atoms with Gasteiger partial charge in [-0.3, -0.25) is 0 Å². The molecule has 2 fully saturated rings. The topological polar surface area (TPSA) is 71.0 Å². The minimum absolute atomic E-state index is 0.0639. The van der Waals surface area contributed by atoms with Crippen LogP contribution in [0.5, 0.6) is 11.5 Å². The van der Waals surface area contributed by atoms with Gasteiger partial charge < -0.3 is 25.0 Å². The van der Waals surface area contributed by atoms with E-state index >= 15 is 0 Å². The maximum Gasteiger partial charge on any atom is 0.165 e. The molecule has 5 rings (SSSR count). The third kappa shape index (κ3) is 2.74. The molecule has 5 nitrogen and oxygen atoms in total. The molecule has 1 aromatic rings. The molecule has 3 N–H and O–H groups in total. The van der Waals surface area contributed by atoms with Crippen molar-refractivity contribution in [1.82, 2.24) is 5.32 Å². The molecule has 0 aromatic heterocycles. The lowest BCUT2D eigenvalue weighted by Gasteiger charge is -2.54. The molecule has 0 amide bonds. The average Bonchev–Trinajstić information content (AvgIpc) is 2.90. The molecule has 4 aliphatic rings.